The lowest BCUT2D eigenvalue weighted by atomic mass is 9.73. The van der Waals surface area contributed by atoms with E-state index in [0.717, 1.165) is 5.57 Å². The minimum atomic E-state index is -2.44. The van der Waals surface area contributed by atoms with E-state index in [9.17, 15) is 4.57 Å². The Morgan fingerprint density at radius 2 is 2.10 bits per heavy atom. The molecule has 2 nitrogen and oxygen atoms in total. The van der Waals surface area contributed by atoms with Crippen LogP contribution in [0, 0.1) is 5.41 Å². The van der Waals surface area contributed by atoms with Gasteiger partial charge < -0.3 is 4.52 Å². The van der Waals surface area contributed by atoms with Crippen molar-refractivity contribution in [3.63, 3.8) is 0 Å². The Bertz CT molecular complexity index is 481. The van der Waals surface area contributed by atoms with E-state index in [1.807, 2.05) is 6.08 Å². The standard InChI is InChI=1S/C17H29O2P/c1-14(11-13-20(6,18)19-5)9-10-16-8-7-12-17(3,4)15(16)2/h9-11H,7-8,12-13H2,1-6H3. The van der Waals surface area contributed by atoms with Crippen LogP contribution in [-0.4, -0.2) is 19.9 Å². The fourth-order valence-electron chi connectivity index (χ4n) is 2.42. The van der Waals surface area contributed by atoms with Crippen LogP contribution in [0.5, 0.6) is 0 Å². The maximum Gasteiger partial charge on any atom is 0.203 e. The van der Waals surface area contributed by atoms with Gasteiger partial charge in [-0.15, -0.1) is 0 Å². The van der Waals surface area contributed by atoms with Crippen molar-refractivity contribution in [3.8, 4) is 0 Å². The third-order valence-corrected chi connectivity index (χ3v) is 6.04. The smallest absolute Gasteiger partial charge is 0.203 e. The molecule has 0 aliphatic heterocycles. The molecular weight excluding hydrogens is 267 g/mol. The third kappa shape index (κ3) is 5.07. The van der Waals surface area contributed by atoms with Gasteiger partial charge in [-0.3, -0.25) is 4.57 Å². The van der Waals surface area contributed by atoms with Gasteiger partial charge in [0.2, 0.25) is 7.37 Å². The summed E-state index contributed by atoms with van der Waals surface area (Å²) >= 11 is 0. The van der Waals surface area contributed by atoms with Gasteiger partial charge in [-0.2, -0.15) is 0 Å². The molecular formula is C17H29O2P. The lowest BCUT2D eigenvalue weighted by molar-refractivity contribution is 0.370. The Balaban J connectivity index is 2.77. The van der Waals surface area contributed by atoms with Crippen LogP contribution < -0.4 is 0 Å². The first-order valence-corrected chi connectivity index (χ1v) is 9.61. The summed E-state index contributed by atoms with van der Waals surface area (Å²) in [5, 5.41) is 0. The molecule has 0 radical (unpaired) electrons. The van der Waals surface area contributed by atoms with Gasteiger partial charge >= 0.3 is 0 Å². The summed E-state index contributed by atoms with van der Waals surface area (Å²) in [7, 11) is -0.926. The summed E-state index contributed by atoms with van der Waals surface area (Å²) in [6.45, 7) is 10.6. The zero-order valence-corrected chi connectivity index (χ0v) is 14.7. The first-order chi connectivity index (χ1) is 9.18. The van der Waals surface area contributed by atoms with Gasteiger partial charge in [0.1, 0.15) is 0 Å². The van der Waals surface area contributed by atoms with Crippen molar-refractivity contribution in [3.05, 3.63) is 34.9 Å². The molecule has 20 heavy (non-hydrogen) atoms. The maximum absolute atomic E-state index is 11.8. The van der Waals surface area contributed by atoms with Crippen LogP contribution in [0.25, 0.3) is 0 Å². The SMILES string of the molecule is COP(C)(=O)CC=C(C)C=CC1=C(C)C(C)(C)CCC1. The minimum absolute atomic E-state index is 0.324. The molecule has 1 aliphatic carbocycles. The zero-order chi connectivity index (χ0) is 15.4. The first kappa shape index (κ1) is 17.5. The number of rotatable bonds is 5. The van der Waals surface area contributed by atoms with Gasteiger partial charge in [-0.25, -0.2) is 0 Å². The van der Waals surface area contributed by atoms with E-state index in [2.05, 4.69) is 39.8 Å². The fraction of sp³-hybridized carbons (Fsp3) is 0.647. The van der Waals surface area contributed by atoms with Crippen molar-refractivity contribution in [2.24, 2.45) is 5.41 Å². The predicted molar refractivity (Wildman–Crippen MR) is 88.6 cm³/mol. The molecule has 1 aliphatic rings. The highest BCUT2D eigenvalue weighted by molar-refractivity contribution is 7.58. The quantitative estimate of drug-likeness (QED) is 0.489. The molecule has 1 rings (SSSR count). The highest BCUT2D eigenvalue weighted by atomic mass is 31.2. The highest BCUT2D eigenvalue weighted by Crippen LogP contribution is 2.42. The number of hydrogen-bond acceptors (Lipinski definition) is 2. The molecule has 0 aromatic heterocycles. The summed E-state index contributed by atoms with van der Waals surface area (Å²) in [5.41, 5.74) is 4.43. The second kappa shape index (κ2) is 6.91. The predicted octanol–water partition coefficient (Wildman–Crippen LogP) is 5.57. The molecule has 0 bridgehead atoms. The van der Waals surface area contributed by atoms with Gasteiger partial charge in [-0.1, -0.05) is 43.2 Å². The highest BCUT2D eigenvalue weighted by Gasteiger charge is 2.25. The Morgan fingerprint density at radius 3 is 2.70 bits per heavy atom. The van der Waals surface area contributed by atoms with E-state index < -0.39 is 7.37 Å². The van der Waals surface area contributed by atoms with Crippen molar-refractivity contribution in [1.82, 2.24) is 0 Å². The van der Waals surface area contributed by atoms with Crippen LogP contribution >= 0.6 is 7.37 Å². The van der Waals surface area contributed by atoms with E-state index in [-0.39, 0.29) is 0 Å². The van der Waals surface area contributed by atoms with Crippen LogP contribution in [0.1, 0.15) is 47.0 Å². The molecule has 3 heteroatoms. The Hall–Kier alpha value is -0.590. The van der Waals surface area contributed by atoms with E-state index in [1.54, 1.807) is 6.66 Å². The molecule has 0 saturated carbocycles. The van der Waals surface area contributed by atoms with Gasteiger partial charge in [0.25, 0.3) is 0 Å². The molecule has 114 valence electrons. The first-order valence-electron chi connectivity index (χ1n) is 7.35. The normalized spacial score (nSPS) is 23.2. The molecule has 0 aromatic carbocycles. The van der Waals surface area contributed by atoms with E-state index in [1.165, 1.54) is 37.5 Å². The lowest BCUT2D eigenvalue weighted by Gasteiger charge is -2.32. The Morgan fingerprint density at radius 1 is 1.45 bits per heavy atom. The monoisotopic (exact) mass is 296 g/mol. The number of hydrogen-bond donors (Lipinski definition) is 0. The molecule has 0 N–H and O–H groups in total. The molecule has 0 aromatic rings. The van der Waals surface area contributed by atoms with Crippen LogP contribution in [-0.2, 0) is 9.09 Å². The summed E-state index contributed by atoms with van der Waals surface area (Å²) in [6, 6.07) is 0. The van der Waals surface area contributed by atoms with Crippen molar-refractivity contribution in [2.45, 2.75) is 47.0 Å². The zero-order valence-electron chi connectivity index (χ0n) is 13.8. The average molecular weight is 296 g/mol. The van der Waals surface area contributed by atoms with E-state index in [0.29, 0.717) is 11.6 Å². The van der Waals surface area contributed by atoms with Gasteiger partial charge in [0.15, 0.2) is 0 Å². The molecule has 1 atom stereocenters. The van der Waals surface area contributed by atoms with Crippen LogP contribution in [0.4, 0.5) is 0 Å². The molecule has 1 unspecified atom stereocenters. The second-order valence-electron chi connectivity index (χ2n) is 6.55. The van der Waals surface area contributed by atoms with E-state index >= 15 is 0 Å². The minimum Gasteiger partial charge on any atom is -0.332 e. The van der Waals surface area contributed by atoms with Gasteiger partial charge in [-0.05, 0) is 44.1 Å². The van der Waals surface area contributed by atoms with Gasteiger partial charge in [0, 0.05) is 19.9 Å². The van der Waals surface area contributed by atoms with Crippen molar-refractivity contribution < 1.29 is 9.09 Å². The van der Waals surface area contributed by atoms with Crippen LogP contribution in [0.15, 0.2) is 34.9 Å². The van der Waals surface area contributed by atoms with E-state index in [4.69, 9.17) is 4.52 Å². The van der Waals surface area contributed by atoms with Gasteiger partial charge in [0.05, 0.1) is 0 Å². The summed E-state index contributed by atoms with van der Waals surface area (Å²) < 4.78 is 16.8. The third-order valence-electron chi connectivity index (χ3n) is 4.42. The molecule has 0 spiro atoms. The van der Waals surface area contributed by atoms with Crippen molar-refractivity contribution >= 4 is 7.37 Å². The largest absolute Gasteiger partial charge is 0.332 e. The Kier molecular flexibility index (Phi) is 6.04. The average Bonchev–Trinajstić information content (AvgIpc) is 2.38. The lowest BCUT2D eigenvalue weighted by Crippen LogP contribution is -2.18. The van der Waals surface area contributed by atoms with Crippen LogP contribution in [0.3, 0.4) is 0 Å². The molecule has 0 saturated heterocycles. The fourth-order valence-corrected chi connectivity index (χ4v) is 3.19. The summed E-state index contributed by atoms with van der Waals surface area (Å²) in [5.74, 6) is 0. The molecule has 0 fully saturated rings. The molecule has 0 amide bonds. The van der Waals surface area contributed by atoms with Crippen molar-refractivity contribution in [2.75, 3.05) is 19.9 Å². The topological polar surface area (TPSA) is 26.3 Å². The second-order valence-corrected chi connectivity index (χ2v) is 9.31. The maximum atomic E-state index is 11.8. The Labute approximate surface area is 124 Å². The van der Waals surface area contributed by atoms with Crippen molar-refractivity contribution in [1.29, 1.82) is 0 Å². The molecule has 0 heterocycles. The van der Waals surface area contributed by atoms with Crippen LogP contribution in [0.2, 0.25) is 0 Å². The summed E-state index contributed by atoms with van der Waals surface area (Å²) in [6.07, 6.45) is 10.6. The summed E-state index contributed by atoms with van der Waals surface area (Å²) in [4.78, 5) is 0. The number of allylic oxidation sites excluding steroid dienone is 6.